The van der Waals surface area contributed by atoms with Crippen LogP contribution in [0.1, 0.15) is 98.8 Å². The van der Waals surface area contributed by atoms with Gasteiger partial charge in [0.2, 0.25) is 11.8 Å². The molecule has 2 atom stereocenters. The second-order valence-electron chi connectivity index (χ2n) is 18.5. The number of carbonyl (C=O) groups excluding carboxylic acids is 3. The number of fused-ring (bicyclic) bond motifs is 2. The number of alkyl halides is 4. The number of nitrogens with one attached hydrogen (secondary N) is 2. The molecule has 3 saturated heterocycles. The Morgan fingerprint density at radius 3 is 2.55 bits per heavy atom. The number of benzene rings is 1. The number of aromatic nitrogens is 7. The van der Waals surface area contributed by atoms with Gasteiger partial charge in [-0.05, 0) is 89.0 Å². The van der Waals surface area contributed by atoms with E-state index in [1.807, 2.05) is 6.07 Å². The van der Waals surface area contributed by atoms with Gasteiger partial charge in [0.1, 0.15) is 17.4 Å². The van der Waals surface area contributed by atoms with E-state index < -0.39 is 60.1 Å². The number of hydrogen-bond donors (Lipinski definition) is 2. The summed E-state index contributed by atoms with van der Waals surface area (Å²) in [4.78, 5) is 61.9. The van der Waals surface area contributed by atoms with Gasteiger partial charge in [-0.25, -0.2) is 31.9 Å². The highest BCUT2D eigenvalue weighted by atomic mass is 19.3. The van der Waals surface area contributed by atoms with Crippen LogP contribution in [0.15, 0.2) is 47.7 Å². The monoisotopic (exact) mass is 904 g/mol. The number of imide groups is 1. The Morgan fingerprint density at radius 2 is 1.83 bits per heavy atom. The van der Waals surface area contributed by atoms with Gasteiger partial charge in [0.05, 0.1) is 59.4 Å². The lowest BCUT2D eigenvalue weighted by Gasteiger charge is -2.48. The van der Waals surface area contributed by atoms with Gasteiger partial charge in [0.25, 0.3) is 18.3 Å². The van der Waals surface area contributed by atoms with E-state index >= 15 is 8.78 Å². The van der Waals surface area contributed by atoms with E-state index in [2.05, 4.69) is 25.7 Å². The second kappa shape index (κ2) is 16.6. The van der Waals surface area contributed by atoms with Crippen LogP contribution in [-0.4, -0.2) is 120 Å². The Balaban J connectivity index is 0.769. The lowest BCUT2D eigenvalue weighted by molar-refractivity contribution is -0.135. The van der Waals surface area contributed by atoms with Crippen molar-refractivity contribution in [3.63, 3.8) is 0 Å². The molecule has 2 aliphatic carbocycles. The Morgan fingerprint density at radius 1 is 1.03 bits per heavy atom. The van der Waals surface area contributed by atoms with Crippen molar-refractivity contribution >= 4 is 51.6 Å². The van der Waals surface area contributed by atoms with Crippen molar-refractivity contribution in [2.24, 2.45) is 13.0 Å². The minimum atomic E-state index is -3.11. The molecule has 2 saturated carbocycles. The second-order valence-corrected chi connectivity index (χ2v) is 18.5. The summed E-state index contributed by atoms with van der Waals surface area (Å²) < 4.78 is 72.9. The highest BCUT2D eigenvalue weighted by Gasteiger charge is 2.48. The van der Waals surface area contributed by atoms with Crippen LogP contribution >= 0.6 is 0 Å². The molecular weight excluding hydrogens is 853 g/mol. The minimum absolute atomic E-state index is 0.0877. The summed E-state index contributed by atoms with van der Waals surface area (Å²) >= 11 is 0. The number of piperidine rings is 2. The Kier molecular flexibility index (Phi) is 11.0. The number of hydrogen-bond acceptors (Lipinski definition) is 11. The van der Waals surface area contributed by atoms with Crippen molar-refractivity contribution in [3.8, 4) is 0 Å². The van der Waals surface area contributed by atoms with E-state index in [9.17, 15) is 28.0 Å². The third-order valence-electron chi connectivity index (χ3n) is 14.4. The number of rotatable bonds is 10. The first-order chi connectivity index (χ1) is 31.2. The van der Waals surface area contributed by atoms with Gasteiger partial charge < -0.3 is 19.9 Å². The van der Waals surface area contributed by atoms with E-state index in [-0.39, 0.29) is 48.1 Å². The zero-order valence-corrected chi connectivity index (χ0v) is 36.3. The Hall–Kier alpha value is -5.83. The molecule has 7 heterocycles. The average molecular weight is 905 g/mol. The summed E-state index contributed by atoms with van der Waals surface area (Å²) in [6.45, 7) is 2.11. The average Bonchev–Trinajstić information content (AvgIpc) is 3.97. The topological polar surface area (TPSA) is 169 Å². The maximum absolute atomic E-state index is 16.2. The molecular formula is C44H52F4N12O5. The van der Waals surface area contributed by atoms with E-state index in [1.54, 1.807) is 48.3 Å². The first kappa shape index (κ1) is 43.1. The van der Waals surface area contributed by atoms with Crippen molar-refractivity contribution < 1.29 is 36.7 Å². The van der Waals surface area contributed by atoms with Gasteiger partial charge >= 0.3 is 5.69 Å². The molecule has 5 fully saturated rings. The molecule has 3 aliphatic heterocycles. The summed E-state index contributed by atoms with van der Waals surface area (Å²) in [6.07, 6.45) is 7.65. The van der Waals surface area contributed by atoms with Crippen molar-refractivity contribution in [1.29, 1.82) is 0 Å². The summed E-state index contributed by atoms with van der Waals surface area (Å²) in [5.41, 5.74) is 0.523. The number of aryl methyl sites for hydroxylation is 1. The Labute approximate surface area is 370 Å². The van der Waals surface area contributed by atoms with Crippen LogP contribution in [0.4, 0.5) is 34.8 Å². The highest BCUT2D eigenvalue weighted by Crippen LogP contribution is 2.41. The van der Waals surface area contributed by atoms with E-state index in [1.165, 1.54) is 30.7 Å². The summed E-state index contributed by atoms with van der Waals surface area (Å²) in [6, 6.07) is 4.77. The van der Waals surface area contributed by atoms with Crippen LogP contribution in [0.5, 0.6) is 0 Å². The zero-order chi connectivity index (χ0) is 45.4. The van der Waals surface area contributed by atoms with Crippen LogP contribution in [-0.2, 0) is 21.4 Å². The van der Waals surface area contributed by atoms with Gasteiger partial charge in [-0.15, -0.1) is 0 Å². The van der Waals surface area contributed by atoms with E-state index in [0.29, 0.717) is 86.7 Å². The molecule has 2 unspecified atom stereocenters. The van der Waals surface area contributed by atoms with Crippen molar-refractivity contribution in [2.75, 3.05) is 61.5 Å². The van der Waals surface area contributed by atoms with Crippen LogP contribution in [0.2, 0.25) is 0 Å². The maximum Gasteiger partial charge on any atom is 0.329 e. The first-order valence-corrected chi connectivity index (χ1v) is 22.5. The molecule has 2 N–H and O–H groups in total. The molecule has 346 valence electrons. The summed E-state index contributed by atoms with van der Waals surface area (Å²) in [5, 5.41) is 13.5. The number of para-hydroxylation sites is 1. The molecule has 0 radical (unpaired) electrons. The lowest BCUT2D eigenvalue weighted by atomic mass is 9.79. The van der Waals surface area contributed by atoms with Crippen LogP contribution in [0.3, 0.4) is 0 Å². The maximum atomic E-state index is 16.2. The number of halogens is 4. The number of ether oxygens (including phenoxy) is 1. The van der Waals surface area contributed by atoms with Crippen LogP contribution in [0, 0.1) is 5.92 Å². The fourth-order valence-corrected chi connectivity index (χ4v) is 10.9. The molecule has 10 rings (SSSR count). The molecule has 4 aromatic heterocycles. The highest BCUT2D eigenvalue weighted by molar-refractivity contribution is 6.08. The predicted octanol–water partition coefficient (Wildman–Crippen LogP) is 5.08. The van der Waals surface area contributed by atoms with Crippen LogP contribution in [0.25, 0.3) is 16.7 Å². The van der Waals surface area contributed by atoms with Crippen molar-refractivity contribution in [2.45, 2.75) is 100 Å². The van der Waals surface area contributed by atoms with Gasteiger partial charge in [-0.3, -0.25) is 38.4 Å². The largest absolute Gasteiger partial charge is 0.371 e. The number of morpholine rings is 1. The molecule has 5 aromatic rings. The molecule has 1 spiro atoms. The lowest BCUT2D eigenvalue weighted by Crippen LogP contribution is -2.58. The van der Waals surface area contributed by atoms with Gasteiger partial charge in [-0.1, -0.05) is 6.07 Å². The number of nitrogens with zero attached hydrogens (tertiary/aromatic N) is 10. The molecule has 65 heavy (non-hydrogen) atoms. The standard InChI is InChI=1S/C44H52F4N12O5/c1-54(33-13-17-56(25-44(33,47)48)30-5-3-6-31-37(30)55(2)42(64)60(31)32-11-12-35(61)52-41(32)63)22-26-7-9-27(10-8-26)59-23-29(36(53-59)38(45)46)50-40(62)28-21-49-58-18-14-34(51-39(28)58)57-19-20-65-43(24-57)15-4-16-43/h3,5-6,14,18,21,23,26-27,32-33,38H,4,7-13,15-17,19-20,22,24-25H2,1-2H3,(H,50,62)(H,52,61,63)/t26-,27-,32?,33?. The Bertz CT molecular complexity index is 2720. The van der Waals surface area contributed by atoms with E-state index in [0.717, 1.165) is 19.3 Å². The normalized spacial score (nSPS) is 24.6. The number of amides is 3. The van der Waals surface area contributed by atoms with E-state index in [4.69, 9.17) is 9.72 Å². The molecule has 3 amide bonds. The summed E-state index contributed by atoms with van der Waals surface area (Å²) in [5.74, 6) is -3.94. The third-order valence-corrected chi connectivity index (χ3v) is 14.4. The van der Waals surface area contributed by atoms with Crippen molar-refractivity contribution in [3.05, 3.63) is 64.6 Å². The van der Waals surface area contributed by atoms with Gasteiger partial charge in [-0.2, -0.15) is 10.2 Å². The van der Waals surface area contributed by atoms with Gasteiger partial charge in [0.15, 0.2) is 11.3 Å². The number of anilines is 3. The number of carbonyl (C=O) groups is 3. The van der Waals surface area contributed by atoms with Gasteiger partial charge in [0, 0.05) is 52.0 Å². The summed E-state index contributed by atoms with van der Waals surface area (Å²) in [7, 11) is 3.27. The van der Waals surface area contributed by atoms with Crippen molar-refractivity contribution in [1.82, 2.24) is 43.7 Å². The first-order valence-electron chi connectivity index (χ1n) is 22.5. The fourth-order valence-electron chi connectivity index (χ4n) is 10.9. The zero-order valence-electron chi connectivity index (χ0n) is 36.3. The molecule has 1 aromatic carbocycles. The molecule has 17 nitrogen and oxygen atoms in total. The van der Waals surface area contributed by atoms with Crippen LogP contribution < -0.4 is 26.1 Å². The SMILES string of the molecule is CN(C[C@H]1CC[C@H](n2cc(NC(=O)c3cnn4ccc(N5CCOC6(CCC6)C5)nc34)c(C(F)F)n2)CC1)C1CCN(c2cccc3c2n(C)c(=O)n3C2CCC(=O)NC2=O)CC1(F)F. The smallest absolute Gasteiger partial charge is 0.329 e. The molecule has 21 heteroatoms. The minimum Gasteiger partial charge on any atom is -0.371 e. The molecule has 5 aliphatic rings. The number of imidazole rings is 1. The quantitative estimate of drug-likeness (QED) is 0.142. The third kappa shape index (κ3) is 7.82. The predicted molar refractivity (Wildman–Crippen MR) is 231 cm³/mol. The fraction of sp³-hybridized carbons (Fsp3) is 0.568. The molecule has 0 bridgehead atoms.